The Morgan fingerprint density at radius 2 is 1.64 bits per heavy atom. The molecule has 392 valence electrons. The number of esters is 1. The molecule has 1 aliphatic carbocycles. The van der Waals surface area contributed by atoms with Crippen LogP contribution < -0.4 is 130 Å². The van der Waals surface area contributed by atoms with Crippen LogP contribution in [-0.2, 0) is 85.1 Å². The fourth-order valence-corrected chi connectivity index (χ4v) is 8.72. The van der Waals surface area contributed by atoms with Crippen molar-refractivity contribution in [1.29, 1.82) is 0 Å². The molecule has 4 aromatic rings. The van der Waals surface area contributed by atoms with Crippen LogP contribution in [0, 0.1) is 18.7 Å². The Morgan fingerprint density at radius 1 is 0.920 bits per heavy atom. The number of benzene rings is 2. The number of hydrogen-bond donors (Lipinski definition) is 5. The second-order valence-electron chi connectivity index (χ2n) is 17.2. The van der Waals surface area contributed by atoms with E-state index in [0.717, 1.165) is 53.3 Å². The second kappa shape index (κ2) is 31.0. The number of pyridine rings is 2. The predicted octanol–water partition coefficient (Wildman–Crippen LogP) is -3.37. The molecule has 2 aromatic carbocycles. The standard InChI is InChI=1S/C26H37N7O9.C22H17FN2O4.C2H6.2K/c1-18-25(38)33(26(18)39)11-7-3-6-10-30-41-15-23(36)28-13-22(35)32-20(12-19-8-4-2-5-9-19)24(37)29-16-31-42-17-40-14-21(27)34;1-9-10-3-2-4-11-13-7-25-17(19(13)24-16(18(10)11)6-15(9)23)5-12-14(21(25)27)8-29-22(28)20(12)26;1-2;;/h2,4-5,8-9,18,20H,3,6-7,10-17H2,1H3,(H2,27,34)(H,28,36)(H,29,37)(H,32,35);5-6,20,26H,2-4,7-8H2,1H3;1-2H3;;/q-2;;;2*+1. The summed E-state index contributed by atoms with van der Waals surface area (Å²) in [5.74, 6) is -4.23. The number of nitrogens with one attached hydrogen (secondary N) is 3. The van der Waals surface area contributed by atoms with Gasteiger partial charge in [-0.3, -0.25) is 38.5 Å². The first-order chi connectivity index (χ1) is 35.1. The third kappa shape index (κ3) is 16.4. The van der Waals surface area contributed by atoms with Crippen LogP contribution in [0.5, 0.6) is 0 Å². The van der Waals surface area contributed by atoms with E-state index in [1.165, 1.54) is 11.0 Å². The third-order valence-electron chi connectivity index (χ3n) is 12.4. The topological polar surface area (TPSA) is 305 Å². The van der Waals surface area contributed by atoms with Gasteiger partial charge in [0.2, 0.25) is 35.4 Å². The van der Waals surface area contributed by atoms with Crippen LogP contribution in [-0.4, -0.2) is 113 Å². The first-order valence-electron chi connectivity index (χ1n) is 24.1. The Bertz CT molecular complexity index is 2770. The maximum Gasteiger partial charge on any atom is 1.00 e. The second-order valence-corrected chi connectivity index (χ2v) is 17.2. The molecule has 25 heteroatoms. The molecule has 2 atom stereocenters. The number of rotatable bonds is 22. The number of carbonyl (C=O) groups excluding carboxylic acids is 7. The summed E-state index contributed by atoms with van der Waals surface area (Å²) in [7, 11) is 0. The summed E-state index contributed by atoms with van der Waals surface area (Å²) in [4.78, 5) is 111. The fourth-order valence-electron chi connectivity index (χ4n) is 8.72. The zero-order chi connectivity index (χ0) is 52.8. The number of ether oxygens (including phenoxy) is 2. The molecular weight excluding hydrogens is 1030 g/mol. The smallest absolute Gasteiger partial charge is 0.534 e. The Kier molecular flexibility index (Phi) is 26.4. The van der Waals surface area contributed by atoms with Crippen molar-refractivity contribution in [2.45, 2.75) is 97.9 Å². The van der Waals surface area contributed by atoms with E-state index in [0.29, 0.717) is 60.5 Å². The van der Waals surface area contributed by atoms with Gasteiger partial charge < -0.3 is 61.5 Å². The van der Waals surface area contributed by atoms with E-state index in [1.807, 2.05) is 19.9 Å². The van der Waals surface area contributed by atoms with E-state index in [1.54, 1.807) is 48.7 Å². The Hall–Kier alpha value is -3.75. The van der Waals surface area contributed by atoms with Gasteiger partial charge in [0.15, 0.2) is 6.10 Å². The molecule has 4 aliphatic rings. The van der Waals surface area contributed by atoms with Gasteiger partial charge in [-0.1, -0.05) is 63.7 Å². The minimum absolute atomic E-state index is 0. The first kappa shape index (κ1) is 63.8. The molecule has 2 aromatic heterocycles. The van der Waals surface area contributed by atoms with E-state index in [4.69, 9.17) is 29.9 Å². The summed E-state index contributed by atoms with van der Waals surface area (Å²) >= 11 is 0. The maximum atomic E-state index is 14.5. The molecule has 1 fully saturated rings. The fraction of sp³-hybridized carbons (Fsp3) is 0.460. The van der Waals surface area contributed by atoms with Gasteiger partial charge in [0.25, 0.3) is 5.56 Å². The summed E-state index contributed by atoms with van der Waals surface area (Å²) in [5, 5.41) is 18.7. The van der Waals surface area contributed by atoms with E-state index in [9.17, 15) is 47.9 Å². The summed E-state index contributed by atoms with van der Waals surface area (Å²) in [6, 6.07) is 11.2. The zero-order valence-electron chi connectivity index (χ0n) is 43.1. The number of amides is 6. The number of halogens is 1. The SMILES string of the molecule is CC.CC1C(=O)N(CCCCC[N-]OCC(=O)NCC(=O)NC(Cc2ccccc2)C(=O)NC[N-]OCOCC(N)=O)C1=O.Cc1c(F)cc2nc3c(c4c2c1CCC4)Cn1c-3cc2c(c1=O)COC(=O)C2O.[K+].[K+]. The van der Waals surface area contributed by atoms with Gasteiger partial charge in [0.05, 0.1) is 35.6 Å². The molecule has 3 aliphatic heterocycles. The van der Waals surface area contributed by atoms with Gasteiger partial charge >= 0.3 is 109 Å². The summed E-state index contributed by atoms with van der Waals surface area (Å²) < 4.78 is 25.8. The van der Waals surface area contributed by atoms with Crippen molar-refractivity contribution in [2.24, 2.45) is 11.7 Å². The zero-order valence-corrected chi connectivity index (χ0v) is 49.4. The summed E-state index contributed by atoms with van der Waals surface area (Å²) in [5.41, 5.74) is 19.0. The predicted molar refractivity (Wildman–Crippen MR) is 260 cm³/mol. The van der Waals surface area contributed by atoms with Gasteiger partial charge in [0.1, 0.15) is 44.4 Å². The van der Waals surface area contributed by atoms with Crippen LogP contribution in [0.25, 0.3) is 33.3 Å². The summed E-state index contributed by atoms with van der Waals surface area (Å²) in [6.07, 6.45) is 3.35. The number of aliphatic hydroxyl groups is 1. The molecule has 6 amide bonds. The molecule has 0 spiro atoms. The molecular formula is C50H60FK2N9O13. The van der Waals surface area contributed by atoms with Gasteiger partial charge in [-0.15, -0.1) is 6.54 Å². The normalized spacial score (nSPS) is 15.1. The van der Waals surface area contributed by atoms with Crippen molar-refractivity contribution in [2.75, 3.05) is 46.3 Å². The number of fused-ring (bicyclic) bond motifs is 5. The average molecular weight is 1090 g/mol. The molecule has 1 saturated heterocycles. The van der Waals surface area contributed by atoms with Crippen molar-refractivity contribution in [3.63, 3.8) is 0 Å². The number of nitrogens with zero attached hydrogens (tertiary/aromatic N) is 5. The number of imide groups is 1. The van der Waals surface area contributed by atoms with Crippen LogP contribution in [0.4, 0.5) is 4.39 Å². The van der Waals surface area contributed by atoms with Gasteiger partial charge in [0, 0.05) is 35.5 Å². The van der Waals surface area contributed by atoms with Crippen LogP contribution in [0.15, 0.2) is 47.3 Å². The number of nitrogens with two attached hydrogens (primary N) is 1. The quantitative estimate of drug-likeness (QED) is 0.00861. The molecule has 8 rings (SSSR count). The van der Waals surface area contributed by atoms with E-state index in [-0.39, 0.29) is 171 Å². The number of unbranched alkanes of at least 4 members (excludes halogenated alkanes) is 2. The van der Waals surface area contributed by atoms with Gasteiger partial charge in [-0.25, -0.2) is 14.2 Å². The molecule has 22 nitrogen and oxygen atoms in total. The Labute approximate surface area is 517 Å². The number of β-lactam (4-membered cyclic amide) rings is 2. The minimum Gasteiger partial charge on any atom is -0.534 e. The van der Waals surface area contributed by atoms with Crippen molar-refractivity contribution in [3.8, 4) is 11.4 Å². The van der Waals surface area contributed by atoms with Crippen LogP contribution in [0.1, 0.15) is 91.5 Å². The van der Waals surface area contributed by atoms with Gasteiger partial charge in [-0.2, -0.15) is 0 Å². The van der Waals surface area contributed by atoms with Crippen LogP contribution >= 0.6 is 0 Å². The van der Waals surface area contributed by atoms with Crippen molar-refractivity contribution < 1.29 is 165 Å². The van der Waals surface area contributed by atoms with Crippen molar-refractivity contribution in [1.82, 2.24) is 30.4 Å². The minimum atomic E-state index is -1.48. The van der Waals surface area contributed by atoms with Crippen molar-refractivity contribution in [3.05, 3.63) is 109 Å². The monoisotopic (exact) mass is 1090 g/mol. The molecule has 6 N–H and O–H groups in total. The Balaban J connectivity index is 0.000000321. The first-order valence-corrected chi connectivity index (χ1v) is 24.1. The molecule has 2 unspecified atom stereocenters. The number of aryl methyl sites for hydroxylation is 2. The number of hydroxylamine groups is 2. The molecule has 0 saturated carbocycles. The number of cyclic esters (lactones) is 1. The third-order valence-corrected chi connectivity index (χ3v) is 12.4. The van der Waals surface area contributed by atoms with Crippen LogP contribution in [0.3, 0.4) is 0 Å². The average Bonchev–Trinajstić information content (AvgIpc) is 3.77. The summed E-state index contributed by atoms with van der Waals surface area (Å²) in [6.45, 7) is 6.68. The van der Waals surface area contributed by atoms with Gasteiger partial charge in [-0.05, 0) is 67.9 Å². The number of primary amides is 1. The van der Waals surface area contributed by atoms with E-state index < -0.39 is 54.2 Å². The van der Waals surface area contributed by atoms with Crippen molar-refractivity contribution >= 4 is 52.3 Å². The maximum absolute atomic E-state index is 14.5. The molecule has 0 bridgehead atoms. The van der Waals surface area contributed by atoms with Crippen LogP contribution in [0.2, 0.25) is 0 Å². The molecule has 0 radical (unpaired) electrons. The Morgan fingerprint density at radius 3 is 2.36 bits per heavy atom. The largest absolute Gasteiger partial charge is 1.00 e. The van der Waals surface area contributed by atoms with E-state index >= 15 is 0 Å². The number of hydrogen-bond acceptors (Lipinski definition) is 14. The number of carbonyl (C=O) groups is 7. The van der Waals surface area contributed by atoms with E-state index in [2.05, 4.69) is 26.9 Å². The number of likely N-dealkylation sites (tertiary alicyclic amines) is 1. The molecule has 75 heavy (non-hydrogen) atoms. The number of aliphatic hydroxyl groups excluding tert-OH is 1. The molecule has 5 heterocycles. The number of aromatic nitrogens is 2.